The number of hydrogen-bond acceptors (Lipinski definition) is 5. The van der Waals surface area contributed by atoms with Gasteiger partial charge in [0, 0.05) is 27.1 Å². The van der Waals surface area contributed by atoms with Gasteiger partial charge in [0.05, 0.1) is 0 Å². The predicted octanol–water partition coefficient (Wildman–Crippen LogP) is 4.18. The standard InChI is InChI=1S/C23H16BrNO5/c24-17-6-3-5-15(10-17)23(28)25-12-21(27)29-13-16-11-20(26)30-19-9-8-14-4-1-2-7-18(14)22(16)19/h1-11H,12-13H2,(H,25,28). The first-order chi connectivity index (χ1) is 14.5. The fourth-order valence-electron chi connectivity index (χ4n) is 3.23. The van der Waals surface area contributed by atoms with E-state index in [0.29, 0.717) is 16.7 Å². The van der Waals surface area contributed by atoms with E-state index in [1.54, 1.807) is 30.3 Å². The molecule has 0 fully saturated rings. The van der Waals surface area contributed by atoms with Gasteiger partial charge in [0.1, 0.15) is 18.7 Å². The minimum atomic E-state index is -0.611. The lowest BCUT2D eigenvalue weighted by atomic mass is 10.0. The van der Waals surface area contributed by atoms with Crippen LogP contribution in [0.15, 0.2) is 80.4 Å². The maximum absolute atomic E-state index is 12.2. The molecule has 0 aliphatic heterocycles. The molecule has 1 aromatic heterocycles. The van der Waals surface area contributed by atoms with E-state index in [1.807, 2.05) is 30.3 Å². The fraction of sp³-hybridized carbons (Fsp3) is 0.0870. The van der Waals surface area contributed by atoms with Crippen LogP contribution in [0.2, 0.25) is 0 Å². The molecule has 6 nitrogen and oxygen atoms in total. The van der Waals surface area contributed by atoms with Crippen molar-refractivity contribution in [1.29, 1.82) is 0 Å². The molecule has 0 atom stereocenters. The number of fused-ring (bicyclic) bond motifs is 3. The third kappa shape index (κ3) is 4.26. The lowest BCUT2D eigenvalue weighted by Gasteiger charge is -2.10. The van der Waals surface area contributed by atoms with Gasteiger partial charge in [0.25, 0.3) is 5.91 Å². The van der Waals surface area contributed by atoms with Crippen LogP contribution < -0.4 is 10.9 Å². The number of amides is 1. The smallest absolute Gasteiger partial charge is 0.336 e. The van der Waals surface area contributed by atoms with Crippen molar-refractivity contribution >= 4 is 49.5 Å². The Balaban J connectivity index is 1.49. The van der Waals surface area contributed by atoms with Gasteiger partial charge in [-0.05, 0) is 35.0 Å². The van der Waals surface area contributed by atoms with Crippen LogP contribution in [-0.4, -0.2) is 18.4 Å². The van der Waals surface area contributed by atoms with Crippen molar-refractivity contribution in [2.24, 2.45) is 0 Å². The lowest BCUT2D eigenvalue weighted by Crippen LogP contribution is -2.30. The Bertz CT molecular complexity index is 1330. The maximum Gasteiger partial charge on any atom is 0.336 e. The minimum Gasteiger partial charge on any atom is -0.459 e. The number of carbonyl (C=O) groups is 2. The Morgan fingerprint density at radius 1 is 1.00 bits per heavy atom. The van der Waals surface area contributed by atoms with Gasteiger partial charge in [0.15, 0.2) is 0 Å². The molecule has 0 radical (unpaired) electrons. The second kappa shape index (κ2) is 8.51. The van der Waals surface area contributed by atoms with E-state index in [0.717, 1.165) is 20.6 Å². The molecule has 30 heavy (non-hydrogen) atoms. The van der Waals surface area contributed by atoms with Gasteiger partial charge in [-0.2, -0.15) is 0 Å². The number of esters is 1. The van der Waals surface area contributed by atoms with E-state index in [2.05, 4.69) is 21.2 Å². The van der Waals surface area contributed by atoms with Crippen LogP contribution >= 0.6 is 15.9 Å². The largest absolute Gasteiger partial charge is 0.459 e. The van der Waals surface area contributed by atoms with Crippen LogP contribution in [0.5, 0.6) is 0 Å². The van der Waals surface area contributed by atoms with Crippen LogP contribution in [0.3, 0.4) is 0 Å². The number of rotatable bonds is 5. The van der Waals surface area contributed by atoms with Crippen LogP contribution in [0, 0.1) is 0 Å². The molecule has 1 amide bonds. The van der Waals surface area contributed by atoms with Gasteiger partial charge in [-0.15, -0.1) is 0 Å². The van der Waals surface area contributed by atoms with E-state index in [9.17, 15) is 14.4 Å². The molecule has 3 aromatic carbocycles. The molecule has 150 valence electrons. The molecule has 1 N–H and O–H groups in total. The van der Waals surface area contributed by atoms with Gasteiger partial charge >= 0.3 is 11.6 Å². The molecular formula is C23H16BrNO5. The summed E-state index contributed by atoms with van der Waals surface area (Å²) in [5.74, 6) is -0.995. The predicted molar refractivity (Wildman–Crippen MR) is 116 cm³/mol. The quantitative estimate of drug-likeness (QED) is 0.271. The third-order valence-corrected chi connectivity index (χ3v) is 5.08. The zero-order valence-corrected chi connectivity index (χ0v) is 17.3. The molecule has 0 aliphatic carbocycles. The average Bonchev–Trinajstić information content (AvgIpc) is 2.75. The third-order valence-electron chi connectivity index (χ3n) is 4.58. The van der Waals surface area contributed by atoms with Gasteiger partial charge in [-0.25, -0.2) is 4.79 Å². The van der Waals surface area contributed by atoms with Crippen LogP contribution in [0.4, 0.5) is 0 Å². The summed E-state index contributed by atoms with van der Waals surface area (Å²) in [6.07, 6.45) is 0. The van der Waals surface area contributed by atoms with Crippen molar-refractivity contribution in [2.75, 3.05) is 6.54 Å². The fourth-order valence-corrected chi connectivity index (χ4v) is 3.63. The molecule has 0 bridgehead atoms. The molecule has 0 saturated heterocycles. The number of ether oxygens (including phenoxy) is 1. The second-order valence-electron chi connectivity index (χ2n) is 6.60. The maximum atomic E-state index is 12.2. The Kier molecular flexibility index (Phi) is 5.63. The number of hydrogen-bond donors (Lipinski definition) is 1. The summed E-state index contributed by atoms with van der Waals surface area (Å²) < 4.78 is 11.4. The molecular weight excluding hydrogens is 450 g/mol. The highest BCUT2D eigenvalue weighted by Crippen LogP contribution is 2.27. The van der Waals surface area contributed by atoms with Crippen molar-refractivity contribution in [1.82, 2.24) is 5.32 Å². The summed E-state index contributed by atoms with van der Waals surface area (Å²) in [6, 6.07) is 19.4. The summed E-state index contributed by atoms with van der Waals surface area (Å²) in [4.78, 5) is 36.2. The number of carbonyl (C=O) groups excluding carboxylic acids is 2. The molecule has 7 heteroatoms. The van der Waals surface area contributed by atoms with E-state index >= 15 is 0 Å². The second-order valence-corrected chi connectivity index (χ2v) is 7.52. The first-order valence-electron chi connectivity index (χ1n) is 9.15. The monoisotopic (exact) mass is 465 g/mol. The summed E-state index contributed by atoms with van der Waals surface area (Å²) in [7, 11) is 0. The number of nitrogens with one attached hydrogen (secondary N) is 1. The lowest BCUT2D eigenvalue weighted by molar-refractivity contribution is -0.143. The topological polar surface area (TPSA) is 85.6 Å². The van der Waals surface area contributed by atoms with Gasteiger partial charge < -0.3 is 14.5 Å². The van der Waals surface area contributed by atoms with E-state index in [1.165, 1.54) is 6.07 Å². The molecule has 4 rings (SSSR count). The Labute approximate surface area is 179 Å². The number of halogens is 1. The van der Waals surface area contributed by atoms with E-state index in [4.69, 9.17) is 9.15 Å². The van der Waals surface area contributed by atoms with Crippen LogP contribution in [0.25, 0.3) is 21.7 Å². The highest BCUT2D eigenvalue weighted by atomic mass is 79.9. The first-order valence-corrected chi connectivity index (χ1v) is 9.94. The summed E-state index contributed by atoms with van der Waals surface area (Å²) in [5.41, 5.74) is 0.877. The Hall–Kier alpha value is -3.45. The highest BCUT2D eigenvalue weighted by Gasteiger charge is 2.13. The van der Waals surface area contributed by atoms with Crippen LogP contribution in [-0.2, 0) is 16.1 Å². The zero-order chi connectivity index (χ0) is 21.1. The van der Waals surface area contributed by atoms with Gasteiger partial charge in [-0.1, -0.05) is 52.3 Å². The highest BCUT2D eigenvalue weighted by molar-refractivity contribution is 9.10. The number of benzene rings is 3. The molecule has 1 heterocycles. The first kappa shape index (κ1) is 19.8. The van der Waals surface area contributed by atoms with Gasteiger partial charge in [0.2, 0.25) is 0 Å². The summed E-state index contributed by atoms with van der Waals surface area (Å²) in [6.45, 7) is -0.396. The Morgan fingerprint density at radius 2 is 1.83 bits per heavy atom. The molecule has 4 aromatic rings. The minimum absolute atomic E-state index is 0.109. The van der Waals surface area contributed by atoms with Crippen molar-refractivity contribution in [3.8, 4) is 0 Å². The molecule has 0 saturated carbocycles. The van der Waals surface area contributed by atoms with Gasteiger partial charge in [-0.3, -0.25) is 9.59 Å². The van der Waals surface area contributed by atoms with Crippen molar-refractivity contribution < 1.29 is 18.7 Å². The molecule has 0 spiro atoms. The SMILES string of the molecule is O=C(CNC(=O)c1cccc(Br)c1)OCc1cc(=O)oc2ccc3ccccc3c12. The van der Waals surface area contributed by atoms with Crippen LogP contribution in [0.1, 0.15) is 15.9 Å². The molecule has 0 aliphatic rings. The average molecular weight is 466 g/mol. The normalized spacial score (nSPS) is 10.8. The Morgan fingerprint density at radius 3 is 2.67 bits per heavy atom. The van der Waals surface area contributed by atoms with Crippen molar-refractivity contribution in [2.45, 2.75) is 6.61 Å². The zero-order valence-electron chi connectivity index (χ0n) is 15.7. The summed E-state index contributed by atoms with van der Waals surface area (Å²) in [5, 5.41) is 5.12. The summed E-state index contributed by atoms with van der Waals surface area (Å²) >= 11 is 3.30. The van der Waals surface area contributed by atoms with E-state index < -0.39 is 11.6 Å². The van der Waals surface area contributed by atoms with E-state index in [-0.39, 0.29) is 19.1 Å². The van der Waals surface area contributed by atoms with Crippen molar-refractivity contribution in [3.63, 3.8) is 0 Å². The van der Waals surface area contributed by atoms with Crippen molar-refractivity contribution in [3.05, 3.63) is 92.7 Å². The molecule has 0 unspecified atom stereocenters.